The Balaban J connectivity index is 1.49. The first kappa shape index (κ1) is 27.8. The number of likely N-dealkylation sites (tertiary alicyclic amines) is 1. The Kier molecular flexibility index (Phi) is 7.43. The molecule has 2 amide bonds. The lowest BCUT2D eigenvalue weighted by molar-refractivity contribution is 0.125. The number of halogens is 1. The monoisotopic (exact) mass is 557 g/mol. The molecule has 8 heteroatoms. The van der Waals surface area contributed by atoms with Crippen molar-refractivity contribution in [2.75, 3.05) is 41.7 Å². The number of phenolic OH excluding ortho intramolecular Hbond substituents is 1. The van der Waals surface area contributed by atoms with Crippen LogP contribution in [0.3, 0.4) is 0 Å². The number of carbonyl (C=O) groups excluding carboxylic acids is 1. The molecule has 40 heavy (non-hydrogen) atoms. The Labute approximate surface area is 241 Å². The fraction of sp³-hybridized carbons (Fsp3) is 0.375. The summed E-state index contributed by atoms with van der Waals surface area (Å²) in [5.41, 5.74) is 4.97. The van der Waals surface area contributed by atoms with Crippen molar-refractivity contribution in [3.05, 3.63) is 76.3 Å². The van der Waals surface area contributed by atoms with E-state index in [-0.39, 0.29) is 16.6 Å². The van der Waals surface area contributed by atoms with E-state index in [0.717, 1.165) is 43.6 Å². The van der Waals surface area contributed by atoms with Crippen LogP contribution in [-0.4, -0.2) is 42.2 Å². The van der Waals surface area contributed by atoms with E-state index in [4.69, 9.17) is 11.6 Å². The van der Waals surface area contributed by atoms with Crippen LogP contribution in [0, 0.1) is 23.7 Å². The molecule has 1 saturated heterocycles. The average molecular weight is 558 g/mol. The normalized spacial score (nSPS) is 16.4. The van der Waals surface area contributed by atoms with Gasteiger partial charge >= 0.3 is 6.03 Å². The molecule has 2 heterocycles. The quantitative estimate of drug-likeness (QED) is 0.311. The van der Waals surface area contributed by atoms with Crippen LogP contribution in [0.15, 0.2) is 54.6 Å². The molecule has 1 spiro atoms. The largest absolute Gasteiger partial charge is 0.506 e. The number of hydrogen-bond acceptors (Lipinski definition) is 5. The van der Waals surface area contributed by atoms with Crippen LogP contribution in [-0.2, 0) is 5.41 Å². The third-order valence-electron chi connectivity index (χ3n) is 7.85. The van der Waals surface area contributed by atoms with E-state index in [1.807, 2.05) is 37.3 Å². The van der Waals surface area contributed by atoms with Gasteiger partial charge in [-0.25, -0.2) is 4.79 Å². The Morgan fingerprint density at radius 3 is 2.42 bits per heavy atom. The average Bonchev–Trinajstić information content (AvgIpc) is 3.24. The first-order chi connectivity index (χ1) is 19.0. The molecule has 3 aromatic carbocycles. The zero-order valence-electron chi connectivity index (χ0n) is 23.5. The van der Waals surface area contributed by atoms with Crippen molar-refractivity contribution in [3.8, 4) is 11.8 Å². The highest BCUT2D eigenvalue weighted by molar-refractivity contribution is 6.32. The number of nitrogens with zero attached hydrogens (tertiary/aromatic N) is 3. The number of aromatic hydroxyl groups is 1. The number of piperidine rings is 1. The van der Waals surface area contributed by atoms with Crippen LogP contribution in [0.25, 0.3) is 0 Å². The second-order valence-electron chi connectivity index (χ2n) is 12.3. The Bertz CT molecular complexity index is 1460. The number of benzene rings is 3. The number of nitrogens with one attached hydrogen (secondary N) is 2. The summed E-state index contributed by atoms with van der Waals surface area (Å²) in [4.78, 5) is 17.6. The van der Waals surface area contributed by atoms with E-state index >= 15 is 0 Å². The minimum absolute atomic E-state index is 0.146. The molecule has 3 N–H and O–H groups in total. The van der Waals surface area contributed by atoms with Gasteiger partial charge < -0.3 is 25.5 Å². The lowest BCUT2D eigenvalue weighted by Crippen LogP contribution is -2.47. The molecular formula is C32H36ClN5O2. The molecule has 2 aliphatic rings. The maximum absolute atomic E-state index is 13.0. The molecule has 0 unspecified atom stereocenters. The molecule has 208 valence electrons. The summed E-state index contributed by atoms with van der Waals surface area (Å²) < 4.78 is 0. The topological polar surface area (TPSA) is 91.6 Å². The fourth-order valence-electron chi connectivity index (χ4n) is 6.08. The molecule has 0 atom stereocenters. The lowest BCUT2D eigenvalue weighted by atomic mass is 9.74. The minimum atomic E-state index is -0.417. The van der Waals surface area contributed by atoms with Crippen LogP contribution in [0.5, 0.6) is 5.75 Å². The van der Waals surface area contributed by atoms with Gasteiger partial charge in [0.05, 0.1) is 28.7 Å². The summed E-state index contributed by atoms with van der Waals surface area (Å²) in [5.74, 6) is 0.146. The van der Waals surface area contributed by atoms with Crippen molar-refractivity contribution in [3.63, 3.8) is 0 Å². The number of nitriles is 1. The number of carbonyl (C=O) groups is 1. The van der Waals surface area contributed by atoms with Crippen molar-refractivity contribution in [1.82, 2.24) is 4.90 Å². The van der Waals surface area contributed by atoms with Crippen LogP contribution in [0.2, 0.25) is 5.02 Å². The molecule has 0 aromatic heterocycles. The maximum atomic E-state index is 13.0. The highest BCUT2D eigenvalue weighted by Crippen LogP contribution is 2.56. The molecule has 0 saturated carbocycles. The third-order valence-corrected chi connectivity index (χ3v) is 8.17. The number of rotatable bonds is 4. The van der Waals surface area contributed by atoms with Crippen LogP contribution >= 0.6 is 11.6 Å². The second-order valence-corrected chi connectivity index (χ2v) is 12.7. The van der Waals surface area contributed by atoms with E-state index in [9.17, 15) is 15.2 Å². The van der Waals surface area contributed by atoms with Gasteiger partial charge in [-0.1, -0.05) is 50.1 Å². The van der Waals surface area contributed by atoms with Crippen molar-refractivity contribution >= 4 is 40.4 Å². The number of aryl methyl sites for hydroxylation is 1. The number of fused-ring (bicyclic) bond motifs is 2. The first-order valence-corrected chi connectivity index (χ1v) is 14.1. The van der Waals surface area contributed by atoms with Crippen LogP contribution in [0.4, 0.5) is 27.5 Å². The maximum Gasteiger partial charge on any atom is 0.323 e. The summed E-state index contributed by atoms with van der Waals surface area (Å²) in [6.45, 7) is 12.3. The van der Waals surface area contributed by atoms with Gasteiger partial charge in [-0.3, -0.25) is 0 Å². The molecule has 2 aliphatic heterocycles. The predicted molar refractivity (Wildman–Crippen MR) is 162 cm³/mol. The number of amides is 2. The number of anilines is 4. The van der Waals surface area contributed by atoms with Gasteiger partial charge in [-0.2, -0.15) is 5.26 Å². The summed E-state index contributed by atoms with van der Waals surface area (Å²) in [7, 11) is 0. The molecule has 5 rings (SSSR count). The van der Waals surface area contributed by atoms with Crippen LogP contribution < -0.4 is 15.5 Å². The van der Waals surface area contributed by atoms with Crippen molar-refractivity contribution in [2.45, 2.75) is 46.0 Å². The zero-order valence-corrected chi connectivity index (χ0v) is 24.3. The molecule has 1 fully saturated rings. The molecule has 3 aromatic rings. The smallest absolute Gasteiger partial charge is 0.323 e. The SMILES string of the molecule is Cc1ccc(NC(=O)Nc2cc(C#N)ccc2N2CC3(CCN(CC(C)(C)C)CC3)c3c(Cl)ccc(O)c32)cc1. The van der Waals surface area contributed by atoms with Gasteiger partial charge in [0.2, 0.25) is 0 Å². The highest BCUT2D eigenvalue weighted by atomic mass is 35.5. The Morgan fingerprint density at radius 1 is 1.07 bits per heavy atom. The fourth-order valence-corrected chi connectivity index (χ4v) is 6.43. The van der Waals surface area contributed by atoms with Crippen molar-refractivity contribution in [2.24, 2.45) is 5.41 Å². The molecule has 0 radical (unpaired) electrons. The van der Waals surface area contributed by atoms with E-state index in [0.29, 0.717) is 39.9 Å². The minimum Gasteiger partial charge on any atom is -0.506 e. The van der Waals surface area contributed by atoms with Gasteiger partial charge in [-0.15, -0.1) is 0 Å². The van der Waals surface area contributed by atoms with E-state index in [2.05, 4.69) is 47.3 Å². The van der Waals surface area contributed by atoms with E-state index in [1.54, 1.807) is 24.3 Å². The van der Waals surface area contributed by atoms with Gasteiger partial charge in [-0.05, 0) is 80.7 Å². The first-order valence-electron chi connectivity index (χ1n) is 13.7. The summed E-state index contributed by atoms with van der Waals surface area (Å²) >= 11 is 6.86. The van der Waals surface area contributed by atoms with Crippen molar-refractivity contribution < 1.29 is 9.90 Å². The molecule has 0 aliphatic carbocycles. The highest BCUT2D eigenvalue weighted by Gasteiger charge is 2.48. The van der Waals surface area contributed by atoms with Crippen molar-refractivity contribution in [1.29, 1.82) is 5.26 Å². The summed E-state index contributed by atoms with van der Waals surface area (Å²) in [6.07, 6.45) is 1.81. The number of hydrogen-bond donors (Lipinski definition) is 3. The summed E-state index contributed by atoms with van der Waals surface area (Å²) in [6, 6.07) is 17.9. The van der Waals surface area contributed by atoms with Gasteiger partial charge in [0.15, 0.2) is 0 Å². The second kappa shape index (κ2) is 10.7. The van der Waals surface area contributed by atoms with E-state index in [1.165, 1.54) is 0 Å². The van der Waals surface area contributed by atoms with Gasteiger partial charge in [0, 0.05) is 34.8 Å². The Hall–Kier alpha value is -3.73. The number of phenols is 1. The molecular weight excluding hydrogens is 522 g/mol. The third kappa shape index (κ3) is 5.60. The lowest BCUT2D eigenvalue weighted by Gasteiger charge is -2.42. The Morgan fingerprint density at radius 2 is 1.77 bits per heavy atom. The van der Waals surface area contributed by atoms with Gasteiger partial charge in [0.1, 0.15) is 5.75 Å². The summed E-state index contributed by atoms with van der Waals surface area (Å²) in [5, 5.41) is 27.2. The van der Waals surface area contributed by atoms with Crippen LogP contribution in [0.1, 0.15) is 50.3 Å². The standard InChI is InChI=1S/C32H36ClN5O2/c1-21-5-8-23(9-6-21)35-30(40)36-25-17-22(18-34)7-11-26(25)38-20-32(28-24(33)10-12-27(39)29(28)38)13-15-37(16-14-32)19-31(2,3)4/h5-12,17,39H,13-16,19-20H2,1-4H3,(H2,35,36,40). The molecule has 0 bridgehead atoms. The van der Waals surface area contributed by atoms with Gasteiger partial charge in [0.25, 0.3) is 0 Å². The number of urea groups is 1. The zero-order chi connectivity index (χ0) is 28.7. The molecule has 7 nitrogen and oxygen atoms in total. The predicted octanol–water partition coefficient (Wildman–Crippen LogP) is 7.40. The van der Waals surface area contributed by atoms with E-state index < -0.39 is 6.03 Å².